The van der Waals surface area contributed by atoms with E-state index in [1.807, 2.05) is 31.2 Å². The molecule has 3 rings (SSSR count). The fourth-order valence-electron chi connectivity index (χ4n) is 2.74. The quantitative estimate of drug-likeness (QED) is 0.690. The van der Waals surface area contributed by atoms with E-state index in [1.165, 1.54) is 0 Å². The number of fused-ring (bicyclic) bond motifs is 1. The van der Waals surface area contributed by atoms with Crippen LogP contribution in [0.2, 0.25) is 0 Å². The Morgan fingerprint density at radius 3 is 2.29 bits per heavy atom. The van der Waals surface area contributed by atoms with Crippen LogP contribution in [0, 0.1) is 6.92 Å². The van der Waals surface area contributed by atoms with Gasteiger partial charge in [0.15, 0.2) is 6.10 Å². The van der Waals surface area contributed by atoms with Gasteiger partial charge in [0.2, 0.25) is 0 Å². The zero-order valence-corrected chi connectivity index (χ0v) is 16.4. The minimum Gasteiger partial charge on any atom is -0.496 e. The molecule has 1 N–H and O–H groups in total. The van der Waals surface area contributed by atoms with E-state index in [9.17, 15) is 4.79 Å². The molecule has 0 radical (unpaired) electrons. The van der Waals surface area contributed by atoms with Crippen molar-refractivity contribution in [1.82, 2.24) is 0 Å². The number of amides is 1. The molecule has 1 heterocycles. The fourth-order valence-corrected chi connectivity index (χ4v) is 4.10. The molecule has 126 valence electrons. The first-order chi connectivity index (χ1) is 11.4. The Kier molecular flexibility index (Phi) is 4.73. The van der Waals surface area contributed by atoms with Gasteiger partial charge in [-0.15, -0.1) is 0 Å². The van der Waals surface area contributed by atoms with E-state index in [4.69, 9.17) is 14.2 Å². The second-order valence-corrected chi connectivity index (χ2v) is 7.08. The second-order valence-electron chi connectivity index (χ2n) is 5.31. The largest absolute Gasteiger partial charge is 0.496 e. The number of anilines is 1. The van der Waals surface area contributed by atoms with E-state index >= 15 is 0 Å². The third-order valence-electron chi connectivity index (χ3n) is 3.90. The summed E-state index contributed by atoms with van der Waals surface area (Å²) in [6.45, 7) is 1.91. The number of hydrogen-bond donors (Lipinski definition) is 1. The molecule has 0 aliphatic carbocycles. The van der Waals surface area contributed by atoms with Crippen LogP contribution in [0.4, 0.5) is 10.5 Å². The Labute approximate surface area is 156 Å². The Hall–Kier alpha value is -1.73. The molecule has 0 fully saturated rings. The number of benzene rings is 2. The summed E-state index contributed by atoms with van der Waals surface area (Å²) < 4.78 is 18.1. The normalized spacial score (nSPS) is 16.0. The minimum atomic E-state index is -0.564. The SMILES string of the molecule is COc1cc(C2OC(=O)Nc3c(Br)cc(Br)cc32)cc(OC)c1C. The molecule has 1 atom stereocenters. The first-order valence-electron chi connectivity index (χ1n) is 7.13. The monoisotopic (exact) mass is 455 g/mol. The standard InChI is InChI=1S/C17H15Br2NO4/c1-8-13(22-2)4-9(5-14(8)23-3)16-11-6-10(18)7-12(19)15(11)20-17(21)24-16/h4-7,16H,1-3H3,(H,20,21). The van der Waals surface area contributed by atoms with Crippen molar-refractivity contribution in [3.63, 3.8) is 0 Å². The van der Waals surface area contributed by atoms with E-state index in [2.05, 4.69) is 37.2 Å². The lowest BCUT2D eigenvalue weighted by Crippen LogP contribution is -2.25. The molecule has 2 aromatic carbocycles. The van der Waals surface area contributed by atoms with Crippen molar-refractivity contribution in [1.29, 1.82) is 0 Å². The van der Waals surface area contributed by atoms with Crippen molar-refractivity contribution in [3.8, 4) is 11.5 Å². The van der Waals surface area contributed by atoms with Gasteiger partial charge < -0.3 is 14.2 Å². The lowest BCUT2D eigenvalue weighted by atomic mass is 9.97. The summed E-state index contributed by atoms with van der Waals surface area (Å²) in [5.74, 6) is 1.35. The summed E-state index contributed by atoms with van der Waals surface area (Å²) in [4.78, 5) is 12.0. The molecule has 1 aliphatic rings. The van der Waals surface area contributed by atoms with Gasteiger partial charge in [-0.05, 0) is 47.1 Å². The van der Waals surface area contributed by atoms with Gasteiger partial charge in [0.05, 0.1) is 19.9 Å². The summed E-state index contributed by atoms with van der Waals surface area (Å²) in [6.07, 6.45) is -1.07. The summed E-state index contributed by atoms with van der Waals surface area (Å²) in [5, 5.41) is 2.73. The van der Waals surface area contributed by atoms with Crippen LogP contribution in [0.15, 0.2) is 33.2 Å². The van der Waals surface area contributed by atoms with Gasteiger partial charge in [-0.1, -0.05) is 15.9 Å². The zero-order valence-electron chi connectivity index (χ0n) is 13.3. The number of rotatable bonds is 3. The number of cyclic esters (lactones) is 1. The van der Waals surface area contributed by atoms with E-state index in [-0.39, 0.29) is 0 Å². The highest BCUT2D eigenvalue weighted by Gasteiger charge is 2.30. The van der Waals surface area contributed by atoms with E-state index in [0.29, 0.717) is 17.2 Å². The molecular formula is C17H15Br2NO4. The Morgan fingerprint density at radius 2 is 1.71 bits per heavy atom. The van der Waals surface area contributed by atoms with Gasteiger partial charge in [-0.25, -0.2) is 4.79 Å². The van der Waals surface area contributed by atoms with Crippen LogP contribution < -0.4 is 14.8 Å². The predicted octanol–water partition coefficient (Wildman–Crippen LogP) is 5.19. The van der Waals surface area contributed by atoms with Gasteiger partial charge in [0, 0.05) is 25.6 Å². The highest BCUT2D eigenvalue weighted by atomic mass is 79.9. The van der Waals surface area contributed by atoms with Gasteiger partial charge in [-0.2, -0.15) is 0 Å². The minimum absolute atomic E-state index is 0.506. The van der Waals surface area contributed by atoms with Crippen LogP contribution in [0.1, 0.15) is 22.8 Å². The number of carbonyl (C=O) groups excluding carboxylic acids is 1. The molecule has 0 saturated heterocycles. The average molecular weight is 457 g/mol. The molecule has 24 heavy (non-hydrogen) atoms. The summed E-state index contributed by atoms with van der Waals surface area (Å²) >= 11 is 6.96. The second kappa shape index (κ2) is 6.64. The molecule has 7 heteroatoms. The molecule has 1 aliphatic heterocycles. The Balaban J connectivity index is 2.19. The molecule has 0 aromatic heterocycles. The third kappa shape index (κ3) is 2.98. The van der Waals surface area contributed by atoms with Crippen molar-refractivity contribution < 1.29 is 19.0 Å². The molecule has 2 aromatic rings. The Morgan fingerprint density at radius 1 is 1.08 bits per heavy atom. The molecule has 1 unspecified atom stereocenters. The number of ether oxygens (including phenoxy) is 3. The third-order valence-corrected chi connectivity index (χ3v) is 4.98. The highest BCUT2D eigenvalue weighted by Crippen LogP contribution is 2.43. The topological polar surface area (TPSA) is 56.8 Å². The van der Waals surface area contributed by atoms with E-state index in [0.717, 1.165) is 25.6 Å². The number of halogens is 2. The first kappa shape index (κ1) is 17.1. The van der Waals surface area contributed by atoms with Gasteiger partial charge >= 0.3 is 6.09 Å². The van der Waals surface area contributed by atoms with Crippen molar-refractivity contribution in [2.75, 3.05) is 19.5 Å². The average Bonchev–Trinajstić information content (AvgIpc) is 2.55. The number of carbonyl (C=O) groups is 1. The molecule has 1 amide bonds. The van der Waals surface area contributed by atoms with Crippen LogP contribution in [0.25, 0.3) is 0 Å². The number of methoxy groups -OCH3 is 2. The van der Waals surface area contributed by atoms with Crippen LogP contribution in [-0.4, -0.2) is 20.3 Å². The first-order valence-corrected chi connectivity index (χ1v) is 8.72. The lowest BCUT2D eigenvalue weighted by Gasteiger charge is -2.28. The predicted molar refractivity (Wildman–Crippen MR) is 98.1 cm³/mol. The maximum atomic E-state index is 12.0. The summed E-state index contributed by atoms with van der Waals surface area (Å²) in [7, 11) is 3.20. The van der Waals surface area contributed by atoms with Crippen LogP contribution in [-0.2, 0) is 4.74 Å². The maximum absolute atomic E-state index is 12.0. The van der Waals surface area contributed by atoms with Crippen molar-refractivity contribution in [2.45, 2.75) is 13.0 Å². The van der Waals surface area contributed by atoms with E-state index in [1.54, 1.807) is 14.2 Å². The number of hydrogen-bond acceptors (Lipinski definition) is 4. The van der Waals surface area contributed by atoms with Gasteiger partial charge in [0.1, 0.15) is 11.5 Å². The summed E-state index contributed by atoms with van der Waals surface area (Å²) in [5.41, 5.74) is 3.19. The Bertz CT molecular complexity index is 797. The molecule has 0 bridgehead atoms. The van der Waals surface area contributed by atoms with Crippen LogP contribution in [0.5, 0.6) is 11.5 Å². The van der Waals surface area contributed by atoms with Crippen LogP contribution >= 0.6 is 31.9 Å². The molecule has 0 saturated carbocycles. The van der Waals surface area contributed by atoms with Crippen LogP contribution in [0.3, 0.4) is 0 Å². The van der Waals surface area contributed by atoms with Crippen molar-refractivity contribution >= 4 is 43.6 Å². The highest BCUT2D eigenvalue weighted by molar-refractivity contribution is 9.11. The van der Waals surface area contributed by atoms with Gasteiger partial charge in [0.25, 0.3) is 0 Å². The molecule has 0 spiro atoms. The molecular weight excluding hydrogens is 442 g/mol. The molecule has 5 nitrogen and oxygen atoms in total. The summed E-state index contributed by atoms with van der Waals surface area (Å²) in [6, 6.07) is 7.51. The van der Waals surface area contributed by atoms with Crippen molar-refractivity contribution in [3.05, 3.63) is 49.9 Å². The lowest BCUT2D eigenvalue weighted by molar-refractivity contribution is 0.126. The number of nitrogens with one attached hydrogen (secondary N) is 1. The smallest absolute Gasteiger partial charge is 0.412 e. The maximum Gasteiger partial charge on any atom is 0.412 e. The van der Waals surface area contributed by atoms with Crippen molar-refractivity contribution in [2.24, 2.45) is 0 Å². The van der Waals surface area contributed by atoms with Gasteiger partial charge in [-0.3, -0.25) is 5.32 Å². The van der Waals surface area contributed by atoms with E-state index < -0.39 is 12.2 Å². The zero-order chi connectivity index (χ0) is 17.4. The fraction of sp³-hybridized carbons (Fsp3) is 0.235.